The maximum Gasteiger partial charge on any atom is 0.404 e. The van der Waals surface area contributed by atoms with E-state index in [0.717, 1.165) is 19.3 Å². The van der Waals surface area contributed by atoms with Gasteiger partial charge in [0.2, 0.25) is 5.91 Å². The van der Waals surface area contributed by atoms with E-state index in [1.54, 1.807) is 0 Å². The van der Waals surface area contributed by atoms with E-state index in [2.05, 4.69) is 5.32 Å². The molecule has 2 rings (SSSR count). The maximum atomic E-state index is 13.4. The normalized spacial score (nSPS) is 27.4. The van der Waals surface area contributed by atoms with E-state index in [4.69, 9.17) is 5.11 Å². The molecule has 116 valence electrons. The van der Waals surface area contributed by atoms with Gasteiger partial charge in [0, 0.05) is 25.7 Å². The molecule has 1 atom stereocenters. The second-order valence-corrected chi connectivity index (χ2v) is 5.67. The summed E-state index contributed by atoms with van der Waals surface area (Å²) in [5.41, 5.74) is -2.28. The van der Waals surface area contributed by atoms with E-state index in [9.17, 15) is 18.0 Å². The van der Waals surface area contributed by atoms with Crippen molar-refractivity contribution in [1.29, 1.82) is 0 Å². The molecule has 2 fully saturated rings. The van der Waals surface area contributed by atoms with Crippen molar-refractivity contribution in [2.45, 2.75) is 44.3 Å². The first-order valence-electron chi connectivity index (χ1n) is 7.12. The van der Waals surface area contributed by atoms with Crippen molar-refractivity contribution < 1.29 is 23.1 Å². The van der Waals surface area contributed by atoms with E-state index >= 15 is 0 Å². The number of halogens is 3. The minimum absolute atomic E-state index is 0.0890. The molecule has 7 heteroatoms. The molecule has 0 radical (unpaired) electrons. The standard InChI is InChI=1S/C13H21F3N2O2/c14-13(15,16)12(5-6-17-9-12)11(20)18(7-2-8-19)10-3-1-4-10/h10,17,19H,1-9H2. The number of amides is 1. The van der Waals surface area contributed by atoms with Crippen LogP contribution in [0.2, 0.25) is 0 Å². The van der Waals surface area contributed by atoms with Crippen LogP contribution in [0.1, 0.15) is 32.1 Å². The summed E-state index contributed by atoms with van der Waals surface area (Å²) in [6, 6.07) is -0.0890. The summed E-state index contributed by atoms with van der Waals surface area (Å²) in [6.45, 7) is -0.0347. The molecule has 0 aromatic heterocycles. The summed E-state index contributed by atoms with van der Waals surface area (Å²) in [5.74, 6) is -0.812. The average molecular weight is 294 g/mol. The van der Waals surface area contributed by atoms with Crippen molar-refractivity contribution >= 4 is 5.91 Å². The summed E-state index contributed by atoms with van der Waals surface area (Å²) in [6.07, 6.45) is -1.93. The Labute approximate surface area is 116 Å². The van der Waals surface area contributed by atoms with Gasteiger partial charge in [-0.2, -0.15) is 13.2 Å². The summed E-state index contributed by atoms with van der Waals surface area (Å²) in [4.78, 5) is 13.9. The monoisotopic (exact) mass is 294 g/mol. The molecule has 4 nitrogen and oxygen atoms in total. The zero-order chi connectivity index (χ0) is 14.8. The quantitative estimate of drug-likeness (QED) is 0.803. The van der Waals surface area contributed by atoms with Crippen LogP contribution in [0.3, 0.4) is 0 Å². The van der Waals surface area contributed by atoms with Gasteiger partial charge >= 0.3 is 6.18 Å². The van der Waals surface area contributed by atoms with Crippen molar-refractivity contribution in [1.82, 2.24) is 10.2 Å². The van der Waals surface area contributed by atoms with Gasteiger partial charge in [0.05, 0.1) is 0 Å². The smallest absolute Gasteiger partial charge is 0.396 e. The van der Waals surface area contributed by atoms with Crippen molar-refractivity contribution in [3.63, 3.8) is 0 Å². The summed E-state index contributed by atoms with van der Waals surface area (Å²) >= 11 is 0. The number of nitrogens with one attached hydrogen (secondary N) is 1. The Kier molecular flexibility index (Phi) is 4.59. The van der Waals surface area contributed by atoms with Gasteiger partial charge in [-0.25, -0.2) is 0 Å². The minimum Gasteiger partial charge on any atom is -0.396 e. The first-order valence-corrected chi connectivity index (χ1v) is 7.12. The number of aliphatic hydroxyl groups is 1. The van der Waals surface area contributed by atoms with Crippen molar-refractivity contribution in [2.24, 2.45) is 5.41 Å². The van der Waals surface area contributed by atoms with E-state index in [0.29, 0.717) is 6.42 Å². The second-order valence-electron chi connectivity index (χ2n) is 5.67. The number of carbonyl (C=O) groups excluding carboxylic acids is 1. The highest BCUT2D eigenvalue weighted by atomic mass is 19.4. The molecule has 1 aliphatic carbocycles. The second kappa shape index (κ2) is 5.89. The fourth-order valence-electron chi connectivity index (χ4n) is 2.90. The van der Waals surface area contributed by atoms with Crippen LogP contribution in [0.25, 0.3) is 0 Å². The van der Waals surface area contributed by atoms with Crippen LogP contribution < -0.4 is 5.32 Å². The third kappa shape index (κ3) is 2.65. The van der Waals surface area contributed by atoms with Crippen LogP contribution in [0.4, 0.5) is 13.2 Å². The van der Waals surface area contributed by atoms with E-state index < -0.39 is 17.5 Å². The molecule has 0 bridgehead atoms. The molecular weight excluding hydrogens is 273 g/mol. The van der Waals surface area contributed by atoms with Gasteiger partial charge in [-0.3, -0.25) is 4.79 Å². The number of rotatable bonds is 5. The molecule has 0 aromatic rings. The zero-order valence-electron chi connectivity index (χ0n) is 11.4. The van der Waals surface area contributed by atoms with Crippen LogP contribution in [0.5, 0.6) is 0 Å². The fourth-order valence-corrected chi connectivity index (χ4v) is 2.90. The van der Waals surface area contributed by atoms with Crippen LogP contribution in [-0.4, -0.2) is 54.4 Å². The van der Waals surface area contributed by atoms with Gasteiger partial charge in [0.15, 0.2) is 5.41 Å². The molecule has 1 saturated heterocycles. The van der Waals surface area contributed by atoms with E-state index in [-0.39, 0.29) is 38.7 Å². The van der Waals surface area contributed by atoms with Gasteiger partial charge in [-0.05, 0) is 38.6 Å². The Morgan fingerprint density at radius 1 is 1.40 bits per heavy atom. The lowest BCUT2D eigenvalue weighted by Crippen LogP contribution is -2.57. The molecule has 0 spiro atoms. The largest absolute Gasteiger partial charge is 0.404 e. The Hall–Kier alpha value is -0.820. The SMILES string of the molecule is O=C(N(CCCO)C1CCC1)C1(C(F)(F)F)CCNC1. The lowest BCUT2D eigenvalue weighted by Gasteiger charge is -2.42. The minimum atomic E-state index is -4.53. The van der Waals surface area contributed by atoms with Crippen LogP contribution in [0, 0.1) is 5.41 Å². The first kappa shape index (κ1) is 15.6. The highest BCUT2D eigenvalue weighted by Gasteiger charge is 2.62. The zero-order valence-corrected chi connectivity index (χ0v) is 11.4. The average Bonchev–Trinajstić information content (AvgIpc) is 2.80. The molecule has 1 heterocycles. The predicted molar refractivity (Wildman–Crippen MR) is 67.0 cm³/mol. The number of alkyl halides is 3. The van der Waals surface area contributed by atoms with Gasteiger partial charge in [0.25, 0.3) is 0 Å². The van der Waals surface area contributed by atoms with E-state index in [1.807, 2.05) is 0 Å². The van der Waals surface area contributed by atoms with Gasteiger partial charge in [-0.1, -0.05) is 0 Å². The van der Waals surface area contributed by atoms with Gasteiger partial charge in [0.1, 0.15) is 0 Å². The van der Waals surface area contributed by atoms with Crippen LogP contribution in [-0.2, 0) is 4.79 Å². The number of aliphatic hydroxyl groups excluding tert-OH is 1. The topological polar surface area (TPSA) is 52.6 Å². The molecular formula is C13H21F3N2O2. The Balaban J connectivity index is 2.19. The summed E-state index contributed by atoms with van der Waals surface area (Å²) in [5, 5.41) is 11.6. The van der Waals surface area contributed by atoms with E-state index in [1.165, 1.54) is 4.90 Å². The van der Waals surface area contributed by atoms with Crippen molar-refractivity contribution in [3.8, 4) is 0 Å². The molecule has 1 amide bonds. The third-order valence-electron chi connectivity index (χ3n) is 4.44. The van der Waals surface area contributed by atoms with Gasteiger partial charge in [-0.15, -0.1) is 0 Å². The fraction of sp³-hybridized carbons (Fsp3) is 0.923. The lowest BCUT2D eigenvalue weighted by molar-refractivity contribution is -0.223. The molecule has 0 aromatic carbocycles. The van der Waals surface area contributed by atoms with Crippen LogP contribution in [0.15, 0.2) is 0 Å². The Morgan fingerprint density at radius 3 is 2.50 bits per heavy atom. The predicted octanol–water partition coefficient (Wildman–Crippen LogP) is 1.29. The molecule has 2 N–H and O–H groups in total. The molecule has 1 unspecified atom stereocenters. The number of hydrogen-bond acceptors (Lipinski definition) is 3. The Morgan fingerprint density at radius 2 is 2.10 bits per heavy atom. The number of carbonyl (C=O) groups is 1. The molecule has 2 aliphatic rings. The highest BCUT2D eigenvalue weighted by Crippen LogP contribution is 2.45. The number of hydrogen-bond donors (Lipinski definition) is 2. The Bertz CT molecular complexity index is 350. The van der Waals surface area contributed by atoms with Crippen molar-refractivity contribution in [2.75, 3.05) is 26.2 Å². The third-order valence-corrected chi connectivity index (χ3v) is 4.44. The van der Waals surface area contributed by atoms with Crippen molar-refractivity contribution in [3.05, 3.63) is 0 Å². The van der Waals surface area contributed by atoms with Crippen LogP contribution >= 0.6 is 0 Å². The molecule has 1 aliphatic heterocycles. The molecule has 1 saturated carbocycles. The first-order chi connectivity index (χ1) is 9.42. The maximum absolute atomic E-state index is 13.4. The summed E-state index contributed by atoms with van der Waals surface area (Å²) in [7, 11) is 0. The lowest BCUT2D eigenvalue weighted by atomic mass is 9.82. The van der Waals surface area contributed by atoms with Gasteiger partial charge < -0.3 is 15.3 Å². The molecule has 20 heavy (non-hydrogen) atoms. The highest BCUT2D eigenvalue weighted by molar-refractivity contribution is 5.84. The summed E-state index contributed by atoms with van der Waals surface area (Å²) < 4.78 is 40.2. The number of nitrogens with zero attached hydrogens (tertiary/aromatic N) is 1.